The summed E-state index contributed by atoms with van der Waals surface area (Å²) < 4.78 is 0. The van der Waals surface area contributed by atoms with Gasteiger partial charge in [-0.1, -0.05) is 42.5 Å². The summed E-state index contributed by atoms with van der Waals surface area (Å²) in [5.74, 6) is 0.374. The second kappa shape index (κ2) is 6.22. The molecule has 1 N–H and O–H groups in total. The quantitative estimate of drug-likeness (QED) is 0.734. The monoisotopic (exact) mass is 288 g/mol. The first kappa shape index (κ1) is 14.0. The number of fused-ring (bicyclic) bond motifs is 1. The van der Waals surface area contributed by atoms with E-state index in [1.807, 2.05) is 49.4 Å². The van der Waals surface area contributed by atoms with Gasteiger partial charge in [0, 0.05) is 12.3 Å². The second-order valence-electron chi connectivity index (χ2n) is 5.11. The second-order valence-corrected chi connectivity index (χ2v) is 5.11. The standard InChI is InChI=1S/C19H16N2O/c1-14-11-12-20-18(13-14)21-19(22)10-9-16-7-4-6-15-5-2-3-8-17(15)16/h2-13H,1H3,(H,20,21,22)/b10-9+. The van der Waals surface area contributed by atoms with E-state index in [4.69, 9.17) is 0 Å². The molecule has 0 atom stereocenters. The summed E-state index contributed by atoms with van der Waals surface area (Å²) in [7, 11) is 0. The number of nitrogens with zero attached hydrogens (tertiary/aromatic N) is 1. The number of pyridine rings is 1. The van der Waals surface area contributed by atoms with Gasteiger partial charge in [0.15, 0.2) is 0 Å². The summed E-state index contributed by atoms with van der Waals surface area (Å²) >= 11 is 0. The molecule has 1 amide bonds. The van der Waals surface area contributed by atoms with Crippen LogP contribution in [0.15, 0.2) is 66.9 Å². The topological polar surface area (TPSA) is 42.0 Å². The van der Waals surface area contributed by atoms with Crippen molar-refractivity contribution in [1.82, 2.24) is 4.98 Å². The van der Waals surface area contributed by atoms with Crippen LogP contribution in [0.3, 0.4) is 0 Å². The normalized spacial score (nSPS) is 11.0. The summed E-state index contributed by atoms with van der Waals surface area (Å²) in [4.78, 5) is 16.1. The van der Waals surface area contributed by atoms with Gasteiger partial charge in [-0.3, -0.25) is 4.79 Å². The number of hydrogen-bond acceptors (Lipinski definition) is 2. The van der Waals surface area contributed by atoms with Crippen LogP contribution in [-0.4, -0.2) is 10.9 Å². The van der Waals surface area contributed by atoms with Crippen LogP contribution in [-0.2, 0) is 4.79 Å². The lowest BCUT2D eigenvalue weighted by Gasteiger charge is -2.03. The Kier molecular flexibility index (Phi) is 3.97. The molecule has 3 nitrogen and oxygen atoms in total. The Bertz CT molecular complexity index is 847. The third-order valence-electron chi connectivity index (χ3n) is 3.40. The summed E-state index contributed by atoms with van der Waals surface area (Å²) in [6.45, 7) is 1.96. The zero-order chi connectivity index (χ0) is 15.4. The predicted molar refractivity (Wildman–Crippen MR) is 90.6 cm³/mol. The van der Waals surface area contributed by atoms with Gasteiger partial charge in [0.1, 0.15) is 5.82 Å². The van der Waals surface area contributed by atoms with Gasteiger partial charge in [0.05, 0.1) is 0 Å². The molecule has 3 heteroatoms. The smallest absolute Gasteiger partial charge is 0.249 e. The van der Waals surface area contributed by atoms with Crippen LogP contribution in [0.1, 0.15) is 11.1 Å². The molecule has 0 aliphatic carbocycles. The number of benzene rings is 2. The molecule has 108 valence electrons. The number of aromatic nitrogens is 1. The average molecular weight is 288 g/mol. The Balaban J connectivity index is 1.79. The molecule has 0 aliphatic heterocycles. The molecule has 0 saturated heterocycles. The highest BCUT2D eigenvalue weighted by atomic mass is 16.1. The minimum atomic E-state index is -0.189. The SMILES string of the molecule is Cc1ccnc(NC(=O)/C=C/c2cccc3ccccc23)c1. The summed E-state index contributed by atoms with van der Waals surface area (Å²) in [5.41, 5.74) is 2.08. The van der Waals surface area contributed by atoms with Gasteiger partial charge in [-0.2, -0.15) is 0 Å². The van der Waals surface area contributed by atoms with Gasteiger partial charge < -0.3 is 5.32 Å². The molecule has 1 heterocycles. The van der Waals surface area contributed by atoms with Gasteiger partial charge in [-0.05, 0) is 47.0 Å². The Labute approximate surface area is 129 Å². The minimum absolute atomic E-state index is 0.189. The third kappa shape index (κ3) is 3.20. The van der Waals surface area contributed by atoms with Crippen molar-refractivity contribution in [2.24, 2.45) is 0 Å². The van der Waals surface area contributed by atoms with E-state index < -0.39 is 0 Å². The largest absolute Gasteiger partial charge is 0.307 e. The van der Waals surface area contributed by atoms with Crippen molar-refractivity contribution in [1.29, 1.82) is 0 Å². The van der Waals surface area contributed by atoms with Crippen molar-refractivity contribution < 1.29 is 4.79 Å². The van der Waals surface area contributed by atoms with Gasteiger partial charge in [0.25, 0.3) is 0 Å². The molecular weight excluding hydrogens is 272 g/mol. The molecule has 0 fully saturated rings. The molecule has 0 aliphatic rings. The van der Waals surface area contributed by atoms with E-state index in [1.165, 1.54) is 6.08 Å². The molecule has 3 rings (SSSR count). The van der Waals surface area contributed by atoms with Crippen molar-refractivity contribution in [2.75, 3.05) is 5.32 Å². The van der Waals surface area contributed by atoms with E-state index in [2.05, 4.69) is 28.5 Å². The van der Waals surface area contributed by atoms with E-state index in [-0.39, 0.29) is 5.91 Å². The fourth-order valence-electron chi connectivity index (χ4n) is 2.33. The van der Waals surface area contributed by atoms with Crippen molar-refractivity contribution in [3.05, 3.63) is 78.0 Å². The van der Waals surface area contributed by atoms with Crippen molar-refractivity contribution in [3.63, 3.8) is 0 Å². The number of rotatable bonds is 3. The molecule has 22 heavy (non-hydrogen) atoms. The molecular formula is C19H16N2O. The molecule has 0 bridgehead atoms. The van der Waals surface area contributed by atoms with Gasteiger partial charge >= 0.3 is 0 Å². The average Bonchev–Trinajstić information content (AvgIpc) is 2.53. The first-order valence-electron chi connectivity index (χ1n) is 7.12. The Morgan fingerprint density at radius 2 is 1.91 bits per heavy atom. The molecule has 0 saturated carbocycles. The van der Waals surface area contributed by atoms with E-state index in [9.17, 15) is 4.79 Å². The van der Waals surface area contributed by atoms with Crippen LogP contribution in [0.2, 0.25) is 0 Å². The van der Waals surface area contributed by atoms with Crippen molar-refractivity contribution in [3.8, 4) is 0 Å². The molecule has 2 aromatic carbocycles. The fraction of sp³-hybridized carbons (Fsp3) is 0.0526. The summed E-state index contributed by atoms with van der Waals surface area (Å²) in [5, 5.41) is 5.05. The Morgan fingerprint density at radius 1 is 1.09 bits per heavy atom. The number of carbonyl (C=O) groups is 1. The van der Waals surface area contributed by atoms with E-state index in [0.29, 0.717) is 5.82 Å². The number of hydrogen-bond donors (Lipinski definition) is 1. The number of carbonyl (C=O) groups excluding carboxylic acids is 1. The highest BCUT2D eigenvalue weighted by Gasteiger charge is 2.00. The maximum atomic E-state index is 12.0. The number of anilines is 1. The van der Waals surface area contributed by atoms with Gasteiger partial charge in [-0.15, -0.1) is 0 Å². The first-order chi connectivity index (χ1) is 10.7. The molecule has 3 aromatic rings. The number of nitrogens with one attached hydrogen (secondary N) is 1. The first-order valence-corrected chi connectivity index (χ1v) is 7.12. The predicted octanol–water partition coefficient (Wildman–Crippen LogP) is 4.20. The number of aryl methyl sites for hydroxylation is 1. The van der Waals surface area contributed by atoms with Crippen LogP contribution in [0.25, 0.3) is 16.8 Å². The van der Waals surface area contributed by atoms with Crippen LogP contribution in [0, 0.1) is 6.92 Å². The Morgan fingerprint density at radius 3 is 2.77 bits per heavy atom. The zero-order valence-electron chi connectivity index (χ0n) is 12.3. The lowest BCUT2D eigenvalue weighted by molar-refractivity contribution is -0.111. The molecule has 0 unspecified atom stereocenters. The summed E-state index contributed by atoms with van der Waals surface area (Å²) in [6, 6.07) is 17.9. The minimum Gasteiger partial charge on any atom is -0.307 e. The van der Waals surface area contributed by atoms with Gasteiger partial charge in [0.2, 0.25) is 5.91 Å². The summed E-state index contributed by atoms with van der Waals surface area (Å²) in [6.07, 6.45) is 5.04. The van der Waals surface area contributed by atoms with E-state index in [0.717, 1.165) is 21.9 Å². The highest BCUT2D eigenvalue weighted by Crippen LogP contribution is 2.19. The molecule has 0 radical (unpaired) electrons. The van der Waals surface area contributed by atoms with Crippen LogP contribution in [0.5, 0.6) is 0 Å². The maximum Gasteiger partial charge on any atom is 0.249 e. The molecule has 1 aromatic heterocycles. The van der Waals surface area contributed by atoms with E-state index in [1.54, 1.807) is 6.20 Å². The lowest BCUT2D eigenvalue weighted by Crippen LogP contribution is -2.09. The zero-order valence-corrected chi connectivity index (χ0v) is 12.3. The fourth-order valence-corrected chi connectivity index (χ4v) is 2.33. The Hall–Kier alpha value is -2.94. The maximum absolute atomic E-state index is 12.0. The third-order valence-corrected chi connectivity index (χ3v) is 3.40. The molecule has 0 spiro atoms. The van der Waals surface area contributed by atoms with Crippen LogP contribution < -0.4 is 5.32 Å². The van der Waals surface area contributed by atoms with E-state index >= 15 is 0 Å². The van der Waals surface area contributed by atoms with Gasteiger partial charge in [-0.25, -0.2) is 4.98 Å². The van der Waals surface area contributed by atoms with Crippen molar-refractivity contribution in [2.45, 2.75) is 6.92 Å². The van der Waals surface area contributed by atoms with Crippen LogP contribution in [0.4, 0.5) is 5.82 Å². The van der Waals surface area contributed by atoms with Crippen molar-refractivity contribution >= 4 is 28.6 Å². The lowest BCUT2D eigenvalue weighted by atomic mass is 10.0. The number of amides is 1. The van der Waals surface area contributed by atoms with Crippen LogP contribution >= 0.6 is 0 Å². The highest BCUT2D eigenvalue weighted by molar-refractivity contribution is 6.03.